The Balaban J connectivity index is 2.54. The minimum Gasteiger partial charge on any atom is -0.381 e. The summed E-state index contributed by atoms with van der Waals surface area (Å²) in [5.41, 5.74) is 6.03. The lowest BCUT2D eigenvalue weighted by molar-refractivity contribution is 0.00981. The molecule has 2 N–H and O–H groups in total. The van der Waals surface area contributed by atoms with Crippen molar-refractivity contribution in [1.29, 1.82) is 0 Å². The summed E-state index contributed by atoms with van der Waals surface area (Å²) in [5.74, 6) is 0.623. The van der Waals surface area contributed by atoms with Crippen LogP contribution in [0, 0.1) is 5.92 Å². The fourth-order valence-electron chi connectivity index (χ4n) is 2.77. The van der Waals surface area contributed by atoms with Gasteiger partial charge in [0.1, 0.15) is 0 Å². The minimum atomic E-state index is 0.491. The second kappa shape index (κ2) is 8.86. The van der Waals surface area contributed by atoms with Gasteiger partial charge in [-0.2, -0.15) is 0 Å². The molecule has 1 rings (SSSR count). The Morgan fingerprint density at radius 3 is 2.56 bits per heavy atom. The monoisotopic (exact) mass is 257 g/mol. The summed E-state index contributed by atoms with van der Waals surface area (Å²) in [6.07, 6.45) is 3.65. The van der Waals surface area contributed by atoms with E-state index in [0.29, 0.717) is 12.0 Å². The summed E-state index contributed by atoms with van der Waals surface area (Å²) in [7, 11) is 4.26. The van der Waals surface area contributed by atoms with E-state index in [1.165, 1.54) is 19.3 Å². The highest BCUT2D eigenvalue weighted by molar-refractivity contribution is 4.82. The fourth-order valence-corrected chi connectivity index (χ4v) is 2.77. The van der Waals surface area contributed by atoms with Crippen molar-refractivity contribution in [3.05, 3.63) is 0 Å². The molecular weight excluding hydrogens is 226 g/mol. The third-order valence-corrected chi connectivity index (χ3v) is 3.80. The SMILES string of the molecule is CCCN(CCN(C)C)C(CN)C1CCCOC1. The van der Waals surface area contributed by atoms with Crippen LogP contribution in [-0.4, -0.2) is 69.3 Å². The van der Waals surface area contributed by atoms with Gasteiger partial charge in [-0.15, -0.1) is 0 Å². The lowest BCUT2D eigenvalue weighted by Gasteiger charge is -2.38. The average Bonchev–Trinajstić information content (AvgIpc) is 2.38. The smallest absolute Gasteiger partial charge is 0.0509 e. The number of nitrogens with two attached hydrogens (primary N) is 1. The molecule has 0 saturated carbocycles. The van der Waals surface area contributed by atoms with Gasteiger partial charge in [-0.3, -0.25) is 4.90 Å². The predicted molar refractivity (Wildman–Crippen MR) is 76.8 cm³/mol. The molecule has 2 atom stereocenters. The van der Waals surface area contributed by atoms with Crippen LogP contribution in [0.25, 0.3) is 0 Å². The van der Waals surface area contributed by atoms with E-state index >= 15 is 0 Å². The van der Waals surface area contributed by atoms with Crippen molar-refractivity contribution in [2.45, 2.75) is 32.2 Å². The van der Waals surface area contributed by atoms with Crippen LogP contribution in [0.2, 0.25) is 0 Å². The molecule has 0 aromatic heterocycles. The Hall–Kier alpha value is -0.160. The zero-order chi connectivity index (χ0) is 13.4. The summed E-state index contributed by atoms with van der Waals surface area (Å²) in [6.45, 7) is 8.17. The van der Waals surface area contributed by atoms with Crippen LogP contribution in [-0.2, 0) is 4.74 Å². The highest BCUT2D eigenvalue weighted by Gasteiger charge is 2.27. The molecule has 0 amide bonds. The van der Waals surface area contributed by atoms with Crippen molar-refractivity contribution in [2.24, 2.45) is 11.7 Å². The number of rotatable bonds is 8. The quantitative estimate of drug-likeness (QED) is 0.705. The zero-order valence-electron chi connectivity index (χ0n) is 12.4. The fraction of sp³-hybridized carbons (Fsp3) is 1.00. The Bertz CT molecular complexity index is 205. The average molecular weight is 257 g/mol. The number of likely N-dealkylation sites (N-methyl/N-ethyl adjacent to an activating group) is 1. The second-order valence-corrected chi connectivity index (χ2v) is 5.62. The molecule has 4 heteroatoms. The summed E-state index contributed by atoms with van der Waals surface area (Å²) in [6, 6.07) is 0.491. The van der Waals surface area contributed by atoms with Crippen molar-refractivity contribution in [1.82, 2.24) is 9.80 Å². The zero-order valence-corrected chi connectivity index (χ0v) is 12.4. The molecule has 1 aliphatic rings. The third kappa shape index (κ3) is 5.22. The van der Waals surface area contributed by atoms with Crippen LogP contribution in [0.15, 0.2) is 0 Å². The number of ether oxygens (including phenoxy) is 1. The molecule has 1 aliphatic heterocycles. The highest BCUT2D eigenvalue weighted by atomic mass is 16.5. The van der Waals surface area contributed by atoms with Crippen LogP contribution >= 0.6 is 0 Å². The molecule has 0 spiro atoms. The lowest BCUT2D eigenvalue weighted by atomic mass is 9.92. The molecule has 2 unspecified atom stereocenters. The van der Waals surface area contributed by atoms with Crippen LogP contribution in [0.4, 0.5) is 0 Å². The molecule has 0 radical (unpaired) electrons. The van der Waals surface area contributed by atoms with Crippen LogP contribution in [0.3, 0.4) is 0 Å². The molecule has 108 valence electrons. The molecular formula is C14H31N3O. The third-order valence-electron chi connectivity index (χ3n) is 3.80. The first-order chi connectivity index (χ1) is 8.69. The molecule has 1 saturated heterocycles. The Kier molecular flexibility index (Phi) is 7.82. The molecule has 4 nitrogen and oxygen atoms in total. The second-order valence-electron chi connectivity index (χ2n) is 5.62. The summed E-state index contributed by atoms with van der Waals surface area (Å²) >= 11 is 0. The Morgan fingerprint density at radius 2 is 2.06 bits per heavy atom. The van der Waals surface area contributed by atoms with Gasteiger partial charge in [-0.25, -0.2) is 0 Å². The lowest BCUT2D eigenvalue weighted by Crippen LogP contribution is -2.50. The maximum Gasteiger partial charge on any atom is 0.0509 e. The normalized spacial score (nSPS) is 22.7. The highest BCUT2D eigenvalue weighted by Crippen LogP contribution is 2.21. The van der Waals surface area contributed by atoms with Gasteiger partial charge < -0.3 is 15.4 Å². The van der Waals surface area contributed by atoms with E-state index in [9.17, 15) is 0 Å². The van der Waals surface area contributed by atoms with E-state index in [2.05, 4.69) is 30.8 Å². The molecule has 0 aliphatic carbocycles. The van der Waals surface area contributed by atoms with E-state index in [1.54, 1.807) is 0 Å². The molecule has 1 heterocycles. The van der Waals surface area contributed by atoms with Crippen molar-refractivity contribution in [3.8, 4) is 0 Å². The molecule has 0 aromatic rings. The largest absolute Gasteiger partial charge is 0.381 e. The maximum absolute atomic E-state index is 6.03. The maximum atomic E-state index is 6.03. The first-order valence-corrected chi connectivity index (χ1v) is 7.35. The van der Waals surface area contributed by atoms with Crippen LogP contribution in [0.1, 0.15) is 26.2 Å². The van der Waals surface area contributed by atoms with Gasteiger partial charge in [0, 0.05) is 32.3 Å². The van der Waals surface area contributed by atoms with Crippen molar-refractivity contribution in [2.75, 3.05) is 53.5 Å². The topological polar surface area (TPSA) is 41.7 Å². The number of hydrogen-bond donors (Lipinski definition) is 1. The summed E-state index contributed by atoms with van der Waals surface area (Å²) in [4.78, 5) is 4.81. The molecule has 18 heavy (non-hydrogen) atoms. The van der Waals surface area contributed by atoms with Gasteiger partial charge in [-0.05, 0) is 45.8 Å². The number of nitrogens with zero attached hydrogens (tertiary/aromatic N) is 2. The van der Waals surface area contributed by atoms with Crippen molar-refractivity contribution in [3.63, 3.8) is 0 Å². The van der Waals surface area contributed by atoms with Crippen LogP contribution < -0.4 is 5.73 Å². The van der Waals surface area contributed by atoms with E-state index in [1.807, 2.05) is 0 Å². The van der Waals surface area contributed by atoms with Gasteiger partial charge in [-0.1, -0.05) is 6.92 Å². The molecule has 0 bridgehead atoms. The predicted octanol–water partition coefficient (Wildman–Crippen LogP) is 1.01. The van der Waals surface area contributed by atoms with E-state index in [4.69, 9.17) is 10.5 Å². The summed E-state index contributed by atoms with van der Waals surface area (Å²) in [5, 5.41) is 0. The first-order valence-electron chi connectivity index (χ1n) is 7.35. The minimum absolute atomic E-state index is 0.491. The summed E-state index contributed by atoms with van der Waals surface area (Å²) < 4.78 is 5.63. The number of hydrogen-bond acceptors (Lipinski definition) is 4. The molecule has 1 fully saturated rings. The van der Waals surface area contributed by atoms with E-state index in [0.717, 1.165) is 39.4 Å². The standard InChI is InChI=1S/C14H31N3O/c1-4-7-17(9-8-16(2)3)14(11-15)13-6-5-10-18-12-13/h13-14H,4-12,15H2,1-3H3. The van der Waals surface area contributed by atoms with Crippen LogP contribution in [0.5, 0.6) is 0 Å². The van der Waals surface area contributed by atoms with E-state index < -0.39 is 0 Å². The van der Waals surface area contributed by atoms with Crippen molar-refractivity contribution >= 4 is 0 Å². The van der Waals surface area contributed by atoms with Crippen molar-refractivity contribution < 1.29 is 4.74 Å². The van der Waals surface area contributed by atoms with Gasteiger partial charge in [0.2, 0.25) is 0 Å². The first kappa shape index (κ1) is 15.9. The van der Waals surface area contributed by atoms with E-state index in [-0.39, 0.29) is 0 Å². The van der Waals surface area contributed by atoms with Gasteiger partial charge in [0.25, 0.3) is 0 Å². The Morgan fingerprint density at radius 1 is 1.28 bits per heavy atom. The Labute approximate surface area is 112 Å². The van der Waals surface area contributed by atoms with Gasteiger partial charge in [0.15, 0.2) is 0 Å². The van der Waals surface area contributed by atoms with Gasteiger partial charge in [0.05, 0.1) is 6.61 Å². The van der Waals surface area contributed by atoms with Gasteiger partial charge >= 0.3 is 0 Å². The molecule has 0 aromatic carbocycles.